The highest BCUT2D eigenvalue weighted by Crippen LogP contribution is 2.35. The molecule has 102 valence electrons. The van der Waals surface area contributed by atoms with Gasteiger partial charge >= 0.3 is 0 Å². The Bertz CT molecular complexity index is 511. The van der Waals surface area contributed by atoms with Gasteiger partial charge in [0.25, 0.3) is 0 Å². The average Bonchev–Trinajstić information content (AvgIpc) is 2.94. The summed E-state index contributed by atoms with van der Waals surface area (Å²) in [6, 6.07) is 7.95. The Kier molecular flexibility index (Phi) is 5.48. The molecular formula is C14H14Br2O3. The van der Waals surface area contributed by atoms with E-state index in [2.05, 4.69) is 31.9 Å². The second-order valence-corrected chi connectivity index (χ2v) is 5.72. The molecule has 0 fully saturated rings. The van der Waals surface area contributed by atoms with E-state index in [1.54, 1.807) is 19.6 Å². The van der Waals surface area contributed by atoms with E-state index >= 15 is 0 Å². The maximum Gasteiger partial charge on any atom is 0.133 e. The summed E-state index contributed by atoms with van der Waals surface area (Å²) in [5.41, 5.74) is 2.22. The lowest BCUT2D eigenvalue weighted by molar-refractivity contribution is 0.146. The molecule has 0 aliphatic carbocycles. The summed E-state index contributed by atoms with van der Waals surface area (Å²) in [6.45, 7) is 1.11. The highest BCUT2D eigenvalue weighted by Gasteiger charge is 2.13. The van der Waals surface area contributed by atoms with Crippen LogP contribution in [-0.2, 0) is 4.74 Å². The van der Waals surface area contributed by atoms with E-state index in [0.717, 1.165) is 21.3 Å². The summed E-state index contributed by atoms with van der Waals surface area (Å²) in [6.07, 6.45) is 3.40. The van der Waals surface area contributed by atoms with Gasteiger partial charge in [-0.05, 0) is 39.7 Å². The van der Waals surface area contributed by atoms with Gasteiger partial charge in [0.15, 0.2) is 0 Å². The number of ether oxygens (including phenoxy) is 2. The van der Waals surface area contributed by atoms with Gasteiger partial charge in [0.1, 0.15) is 12.4 Å². The van der Waals surface area contributed by atoms with Crippen molar-refractivity contribution in [1.29, 1.82) is 0 Å². The number of benzene rings is 1. The number of hydrogen-bond acceptors (Lipinski definition) is 3. The molecule has 0 radical (unpaired) electrons. The van der Waals surface area contributed by atoms with Crippen molar-refractivity contribution in [3.8, 4) is 5.75 Å². The van der Waals surface area contributed by atoms with Gasteiger partial charge in [-0.3, -0.25) is 0 Å². The summed E-state index contributed by atoms with van der Waals surface area (Å²) >= 11 is 7.17. The monoisotopic (exact) mass is 388 g/mol. The fourth-order valence-corrected chi connectivity index (χ4v) is 2.69. The Morgan fingerprint density at radius 3 is 2.68 bits per heavy atom. The van der Waals surface area contributed by atoms with Crippen LogP contribution in [0.4, 0.5) is 0 Å². The summed E-state index contributed by atoms with van der Waals surface area (Å²) in [4.78, 5) is 0.107. The van der Waals surface area contributed by atoms with Crippen LogP contribution in [0.5, 0.6) is 5.75 Å². The lowest BCUT2D eigenvalue weighted by atomic mass is 10.1. The van der Waals surface area contributed by atoms with Crippen LogP contribution in [0.1, 0.15) is 16.0 Å². The van der Waals surface area contributed by atoms with E-state index in [4.69, 9.17) is 13.9 Å². The van der Waals surface area contributed by atoms with Gasteiger partial charge in [-0.15, -0.1) is 0 Å². The predicted molar refractivity (Wildman–Crippen MR) is 81.0 cm³/mol. The highest BCUT2D eigenvalue weighted by molar-refractivity contribution is 9.10. The minimum Gasteiger partial charge on any atom is -0.490 e. The first-order chi connectivity index (χ1) is 9.22. The average molecular weight is 390 g/mol. The molecule has 0 bridgehead atoms. The van der Waals surface area contributed by atoms with Gasteiger partial charge < -0.3 is 13.9 Å². The molecule has 1 aromatic heterocycles. The number of methoxy groups -OCH3 is 1. The number of furan rings is 1. The number of hydrogen-bond donors (Lipinski definition) is 0. The Balaban J connectivity index is 2.10. The zero-order chi connectivity index (χ0) is 13.7. The van der Waals surface area contributed by atoms with Crippen molar-refractivity contribution in [3.05, 3.63) is 52.4 Å². The molecule has 0 aliphatic heterocycles. The summed E-state index contributed by atoms with van der Waals surface area (Å²) in [5.74, 6) is 0.813. The number of rotatable bonds is 6. The molecule has 0 saturated carbocycles. The third-order valence-corrected chi connectivity index (χ3v) is 4.31. The van der Waals surface area contributed by atoms with E-state index in [-0.39, 0.29) is 4.83 Å². The molecule has 3 nitrogen and oxygen atoms in total. The predicted octanol–water partition coefficient (Wildman–Crippen LogP) is 4.55. The molecule has 1 heterocycles. The first-order valence-corrected chi connectivity index (χ1v) is 7.50. The lowest BCUT2D eigenvalue weighted by Gasteiger charge is -2.12. The summed E-state index contributed by atoms with van der Waals surface area (Å²) in [7, 11) is 1.65. The third kappa shape index (κ3) is 3.84. The summed E-state index contributed by atoms with van der Waals surface area (Å²) < 4.78 is 16.6. The van der Waals surface area contributed by atoms with Crippen LogP contribution in [0.25, 0.3) is 0 Å². The Hall–Kier alpha value is -0.780. The molecule has 2 aromatic rings. The van der Waals surface area contributed by atoms with E-state index in [0.29, 0.717) is 13.2 Å². The quantitative estimate of drug-likeness (QED) is 0.536. The van der Waals surface area contributed by atoms with Crippen LogP contribution < -0.4 is 4.74 Å². The van der Waals surface area contributed by atoms with Crippen molar-refractivity contribution in [1.82, 2.24) is 0 Å². The van der Waals surface area contributed by atoms with Crippen LogP contribution in [-0.4, -0.2) is 20.3 Å². The topological polar surface area (TPSA) is 31.6 Å². The van der Waals surface area contributed by atoms with Gasteiger partial charge in [0.05, 0.1) is 28.4 Å². The Labute approximate surface area is 129 Å². The third-order valence-electron chi connectivity index (χ3n) is 2.63. The van der Waals surface area contributed by atoms with Crippen LogP contribution in [0.15, 0.2) is 45.7 Å². The normalized spacial score (nSPS) is 12.4. The van der Waals surface area contributed by atoms with Crippen molar-refractivity contribution >= 4 is 31.9 Å². The SMILES string of the molecule is COCCOc1ccc(C(Br)c2ccoc2)cc1Br. The first kappa shape index (κ1) is 14.6. The number of alkyl halides is 1. The zero-order valence-electron chi connectivity index (χ0n) is 10.4. The standard InChI is InChI=1S/C14H14Br2O3/c1-17-6-7-19-13-3-2-10(8-12(13)15)14(16)11-4-5-18-9-11/h2-5,8-9,14H,6-7H2,1H3. The minimum atomic E-state index is 0.107. The fourth-order valence-electron chi connectivity index (χ4n) is 1.64. The van der Waals surface area contributed by atoms with Crippen molar-refractivity contribution in [2.24, 2.45) is 0 Å². The zero-order valence-corrected chi connectivity index (χ0v) is 13.6. The smallest absolute Gasteiger partial charge is 0.133 e. The van der Waals surface area contributed by atoms with E-state index in [1.165, 1.54) is 0 Å². The van der Waals surface area contributed by atoms with E-state index < -0.39 is 0 Å². The molecule has 1 atom stereocenters. The van der Waals surface area contributed by atoms with Gasteiger partial charge in [0.2, 0.25) is 0 Å². The molecule has 0 spiro atoms. The molecule has 0 saturated heterocycles. The van der Waals surface area contributed by atoms with Crippen molar-refractivity contribution in [2.45, 2.75) is 4.83 Å². The van der Waals surface area contributed by atoms with Gasteiger partial charge in [-0.2, -0.15) is 0 Å². The molecule has 2 rings (SSSR count). The molecule has 0 amide bonds. The van der Waals surface area contributed by atoms with Crippen molar-refractivity contribution in [2.75, 3.05) is 20.3 Å². The van der Waals surface area contributed by atoms with Gasteiger partial charge in [-0.25, -0.2) is 0 Å². The van der Waals surface area contributed by atoms with Gasteiger partial charge in [0, 0.05) is 12.7 Å². The Morgan fingerprint density at radius 1 is 1.21 bits per heavy atom. The summed E-state index contributed by atoms with van der Waals surface area (Å²) in [5, 5.41) is 0. The van der Waals surface area contributed by atoms with Crippen LogP contribution in [0.3, 0.4) is 0 Å². The minimum absolute atomic E-state index is 0.107. The van der Waals surface area contributed by atoms with Gasteiger partial charge in [-0.1, -0.05) is 22.0 Å². The molecule has 1 aromatic carbocycles. The van der Waals surface area contributed by atoms with Crippen molar-refractivity contribution in [3.63, 3.8) is 0 Å². The Morgan fingerprint density at radius 2 is 2.05 bits per heavy atom. The maximum absolute atomic E-state index is 5.60. The number of halogens is 2. The van der Waals surface area contributed by atoms with Crippen LogP contribution in [0.2, 0.25) is 0 Å². The molecule has 0 N–H and O–H groups in total. The molecule has 0 aliphatic rings. The van der Waals surface area contributed by atoms with Crippen LogP contribution in [0, 0.1) is 0 Å². The van der Waals surface area contributed by atoms with Crippen molar-refractivity contribution < 1.29 is 13.9 Å². The van der Waals surface area contributed by atoms with Crippen LogP contribution >= 0.6 is 31.9 Å². The first-order valence-electron chi connectivity index (χ1n) is 5.79. The highest BCUT2D eigenvalue weighted by atomic mass is 79.9. The lowest BCUT2D eigenvalue weighted by Crippen LogP contribution is -2.04. The molecule has 1 unspecified atom stereocenters. The van der Waals surface area contributed by atoms with E-state index in [9.17, 15) is 0 Å². The molecule has 19 heavy (non-hydrogen) atoms. The molecular weight excluding hydrogens is 376 g/mol. The largest absolute Gasteiger partial charge is 0.490 e. The van der Waals surface area contributed by atoms with E-state index in [1.807, 2.05) is 24.3 Å². The second kappa shape index (κ2) is 7.12. The fraction of sp³-hybridized carbons (Fsp3) is 0.286. The maximum atomic E-state index is 5.60. The molecule has 5 heteroatoms. The second-order valence-electron chi connectivity index (χ2n) is 3.95.